The van der Waals surface area contributed by atoms with Crippen LogP contribution in [0, 0.1) is 25.2 Å². The molecule has 2 N–H and O–H groups in total. The van der Waals surface area contributed by atoms with E-state index in [1.807, 2.05) is 55.4 Å². The van der Waals surface area contributed by atoms with Gasteiger partial charge >= 0.3 is 0 Å². The third-order valence-electron chi connectivity index (χ3n) is 3.71. The summed E-state index contributed by atoms with van der Waals surface area (Å²) >= 11 is 0. The van der Waals surface area contributed by atoms with E-state index in [0.29, 0.717) is 17.1 Å². The summed E-state index contributed by atoms with van der Waals surface area (Å²) in [6.45, 7) is 16.5. The molecule has 0 bridgehead atoms. The zero-order chi connectivity index (χ0) is 21.1. The summed E-state index contributed by atoms with van der Waals surface area (Å²) in [5.41, 5.74) is 9.95. The third-order valence-corrected chi connectivity index (χ3v) is 3.71. The quantitative estimate of drug-likeness (QED) is 0.682. The summed E-state index contributed by atoms with van der Waals surface area (Å²) in [6.07, 6.45) is 0. The zero-order valence-corrected chi connectivity index (χ0v) is 18.3. The minimum atomic E-state index is -0.198. The van der Waals surface area contributed by atoms with Crippen LogP contribution in [0.2, 0.25) is 0 Å². The van der Waals surface area contributed by atoms with Gasteiger partial charge in [0, 0.05) is 11.1 Å². The molecule has 0 fully saturated rings. The Morgan fingerprint density at radius 2 is 1.39 bits per heavy atom. The molecule has 5 nitrogen and oxygen atoms in total. The fourth-order valence-corrected chi connectivity index (χ4v) is 2.65. The molecular formula is C23H32N4O. The number of nitrogens with zero attached hydrogens (tertiary/aromatic N) is 2. The number of hydrogen-bond donors (Lipinski definition) is 2. The molecule has 0 aliphatic rings. The monoisotopic (exact) mass is 380 g/mol. The SMILES string of the molecule is Cc1ccc(Oc2c(C#N)cc(C)cc2N(NC(C)(C)C)NC(C)(C)C)cc1. The van der Waals surface area contributed by atoms with Crippen LogP contribution in [0.4, 0.5) is 5.69 Å². The van der Waals surface area contributed by atoms with Crippen molar-refractivity contribution < 1.29 is 4.74 Å². The van der Waals surface area contributed by atoms with E-state index in [1.165, 1.54) is 0 Å². The molecule has 0 amide bonds. The molecule has 5 heteroatoms. The van der Waals surface area contributed by atoms with Crippen LogP contribution >= 0.6 is 0 Å². The lowest BCUT2D eigenvalue weighted by molar-refractivity contribution is 0.311. The number of rotatable bonds is 5. The van der Waals surface area contributed by atoms with Crippen molar-refractivity contribution in [2.24, 2.45) is 0 Å². The topological polar surface area (TPSA) is 60.3 Å². The van der Waals surface area contributed by atoms with Crippen LogP contribution in [0.3, 0.4) is 0 Å². The Morgan fingerprint density at radius 1 is 0.857 bits per heavy atom. The molecule has 2 aromatic carbocycles. The van der Waals surface area contributed by atoms with E-state index in [2.05, 4.69) is 58.5 Å². The Hall–Kier alpha value is -2.55. The van der Waals surface area contributed by atoms with E-state index in [9.17, 15) is 5.26 Å². The summed E-state index contributed by atoms with van der Waals surface area (Å²) in [5.74, 6) is 1.21. The largest absolute Gasteiger partial charge is 0.454 e. The standard InChI is InChI=1S/C23H32N4O/c1-16-9-11-19(12-10-16)28-21-18(15-24)13-17(2)14-20(21)27(25-22(3,4)5)26-23(6,7)8/h9-14,25-26H,1-8H3. The second-order valence-electron chi connectivity index (χ2n) is 9.25. The van der Waals surface area contributed by atoms with Gasteiger partial charge in [0.05, 0.1) is 5.56 Å². The van der Waals surface area contributed by atoms with Crippen molar-refractivity contribution in [1.82, 2.24) is 10.9 Å². The first kappa shape index (κ1) is 21.7. The minimum Gasteiger partial charge on any atom is -0.454 e. The molecule has 0 aliphatic heterocycles. The molecule has 0 aliphatic carbocycles. The average molecular weight is 381 g/mol. The summed E-state index contributed by atoms with van der Waals surface area (Å²) in [4.78, 5) is 0. The van der Waals surface area contributed by atoms with Crippen molar-refractivity contribution in [2.45, 2.75) is 66.5 Å². The molecule has 28 heavy (non-hydrogen) atoms. The van der Waals surface area contributed by atoms with Gasteiger partial charge in [-0.05, 0) is 85.2 Å². The van der Waals surface area contributed by atoms with Gasteiger partial charge in [-0.1, -0.05) is 17.7 Å². The maximum Gasteiger partial charge on any atom is 0.171 e. The summed E-state index contributed by atoms with van der Waals surface area (Å²) in [7, 11) is 0. The average Bonchev–Trinajstić information content (AvgIpc) is 2.54. The van der Waals surface area contributed by atoms with Crippen LogP contribution < -0.4 is 20.7 Å². The molecule has 2 aromatic rings. The number of hydrogen-bond acceptors (Lipinski definition) is 5. The zero-order valence-electron chi connectivity index (χ0n) is 18.3. The summed E-state index contributed by atoms with van der Waals surface area (Å²) < 4.78 is 6.21. The van der Waals surface area contributed by atoms with Crippen molar-refractivity contribution in [3.05, 3.63) is 53.1 Å². The molecule has 0 aromatic heterocycles. The van der Waals surface area contributed by atoms with Crippen LogP contribution in [0.25, 0.3) is 0 Å². The van der Waals surface area contributed by atoms with Gasteiger partial charge in [0.15, 0.2) is 5.75 Å². The van der Waals surface area contributed by atoms with Crippen molar-refractivity contribution in [2.75, 3.05) is 5.12 Å². The normalized spacial score (nSPS) is 11.8. The van der Waals surface area contributed by atoms with Crippen molar-refractivity contribution in [3.8, 4) is 17.6 Å². The molecule has 0 saturated heterocycles. The van der Waals surface area contributed by atoms with E-state index in [4.69, 9.17) is 4.74 Å². The number of hydrazine groups is 2. The number of nitriles is 1. The van der Waals surface area contributed by atoms with Gasteiger partial charge < -0.3 is 4.74 Å². The Morgan fingerprint density at radius 3 is 1.86 bits per heavy atom. The Balaban J connectivity index is 2.59. The van der Waals surface area contributed by atoms with E-state index in [-0.39, 0.29) is 11.1 Å². The van der Waals surface area contributed by atoms with Crippen LogP contribution in [0.15, 0.2) is 36.4 Å². The maximum atomic E-state index is 9.75. The van der Waals surface area contributed by atoms with Crippen LogP contribution in [0.1, 0.15) is 58.2 Å². The van der Waals surface area contributed by atoms with Gasteiger partial charge in [-0.2, -0.15) is 5.26 Å². The van der Waals surface area contributed by atoms with Gasteiger partial charge in [-0.15, -0.1) is 0 Å². The first-order chi connectivity index (χ1) is 12.9. The molecular weight excluding hydrogens is 348 g/mol. The molecule has 0 saturated carbocycles. The van der Waals surface area contributed by atoms with Crippen molar-refractivity contribution in [3.63, 3.8) is 0 Å². The van der Waals surface area contributed by atoms with Crippen LogP contribution in [-0.4, -0.2) is 11.1 Å². The van der Waals surface area contributed by atoms with Crippen LogP contribution in [0.5, 0.6) is 11.5 Å². The number of benzene rings is 2. The second kappa shape index (κ2) is 8.22. The lowest BCUT2D eigenvalue weighted by Crippen LogP contribution is -2.61. The van der Waals surface area contributed by atoms with Gasteiger partial charge in [0.1, 0.15) is 17.5 Å². The van der Waals surface area contributed by atoms with Crippen molar-refractivity contribution >= 4 is 5.69 Å². The van der Waals surface area contributed by atoms with Crippen molar-refractivity contribution in [1.29, 1.82) is 5.26 Å². The highest BCUT2D eigenvalue weighted by molar-refractivity contribution is 5.67. The fraction of sp³-hybridized carbons (Fsp3) is 0.435. The highest BCUT2D eigenvalue weighted by atomic mass is 16.5. The van der Waals surface area contributed by atoms with Gasteiger partial charge in [-0.25, -0.2) is 16.0 Å². The van der Waals surface area contributed by atoms with Gasteiger partial charge in [0.2, 0.25) is 0 Å². The molecule has 150 valence electrons. The predicted molar refractivity (Wildman–Crippen MR) is 115 cm³/mol. The minimum absolute atomic E-state index is 0.198. The van der Waals surface area contributed by atoms with Crippen LogP contribution in [-0.2, 0) is 0 Å². The first-order valence-corrected chi connectivity index (χ1v) is 9.53. The molecule has 0 radical (unpaired) electrons. The molecule has 0 spiro atoms. The molecule has 0 atom stereocenters. The van der Waals surface area contributed by atoms with E-state index >= 15 is 0 Å². The second-order valence-corrected chi connectivity index (χ2v) is 9.25. The first-order valence-electron chi connectivity index (χ1n) is 9.53. The highest BCUT2D eigenvalue weighted by Crippen LogP contribution is 2.36. The van der Waals surface area contributed by atoms with E-state index in [0.717, 1.165) is 16.8 Å². The van der Waals surface area contributed by atoms with Gasteiger partial charge in [0.25, 0.3) is 0 Å². The van der Waals surface area contributed by atoms with E-state index < -0.39 is 0 Å². The number of nitrogens with one attached hydrogen (secondary N) is 2. The number of aryl methyl sites for hydroxylation is 2. The van der Waals surface area contributed by atoms with E-state index in [1.54, 1.807) is 0 Å². The number of anilines is 1. The Labute approximate surface area is 169 Å². The number of ether oxygens (including phenoxy) is 1. The fourth-order valence-electron chi connectivity index (χ4n) is 2.65. The highest BCUT2D eigenvalue weighted by Gasteiger charge is 2.25. The lowest BCUT2D eigenvalue weighted by atomic mass is 10.1. The summed E-state index contributed by atoms with van der Waals surface area (Å²) in [6, 6.07) is 14.0. The Bertz CT molecular complexity index is 836. The maximum absolute atomic E-state index is 9.75. The third kappa shape index (κ3) is 6.26. The van der Waals surface area contributed by atoms with Gasteiger partial charge in [-0.3, -0.25) is 0 Å². The predicted octanol–water partition coefficient (Wildman–Crippen LogP) is 5.38. The lowest BCUT2D eigenvalue weighted by Gasteiger charge is -2.38. The molecule has 0 heterocycles. The Kier molecular flexibility index (Phi) is 6.38. The summed E-state index contributed by atoms with van der Waals surface area (Å²) in [5, 5.41) is 11.6. The smallest absolute Gasteiger partial charge is 0.171 e. The molecule has 0 unspecified atom stereocenters. The molecule has 2 rings (SSSR count).